The quantitative estimate of drug-likeness (QED) is 0.459. The van der Waals surface area contributed by atoms with Crippen molar-refractivity contribution in [3.05, 3.63) is 65.1 Å². The van der Waals surface area contributed by atoms with Gasteiger partial charge < -0.3 is 19.9 Å². The third kappa shape index (κ3) is 6.41. The summed E-state index contributed by atoms with van der Waals surface area (Å²) >= 11 is 6.07. The Balaban J connectivity index is 1.70. The Hall–Kier alpha value is -3.44. The van der Waals surface area contributed by atoms with E-state index >= 15 is 0 Å². The molecule has 4 rings (SSSR count). The number of nitrogens with one attached hydrogen (secondary N) is 1. The molecule has 2 N–H and O–H groups in total. The Bertz CT molecular complexity index is 1210. The van der Waals surface area contributed by atoms with E-state index in [-0.39, 0.29) is 12.3 Å². The van der Waals surface area contributed by atoms with Gasteiger partial charge in [0.05, 0.1) is 17.8 Å². The van der Waals surface area contributed by atoms with E-state index in [1.165, 1.54) is 12.3 Å². The molecule has 8 nitrogen and oxygen atoms in total. The highest BCUT2D eigenvalue weighted by atomic mass is 35.5. The van der Waals surface area contributed by atoms with Crippen LogP contribution >= 0.6 is 11.6 Å². The fourth-order valence-electron chi connectivity index (χ4n) is 3.76. The standard InChI is InChI=1S/C24H22ClF3N4O4/c25-15-7-5-6-14(12-15)19-21(35-13-16-8-3-4-11-29-16)32-20(24(26,27)28)22(31-19)36-23(34)30-17-9-1-2-10-18(17)33/h3-8,11-12,17-18,33H,1-2,9-10,13H2,(H,30,34)/t17-,18-/m1/s1. The molecule has 1 aliphatic carbocycles. The maximum atomic E-state index is 13.9. The van der Waals surface area contributed by atoms with Crippen molar-refractivity contribution in [2.75, 3.05) is 0 Å². The number of hydrogen-bond donors (Lipinski definition) is 2. The number of aliphatic hydroxyl groups is 1. The molecule has 12 heteroatoms. The Morgan fingerprint density at radius 2 is 1.92 bits per heavy atom. The monoisotopic (exact) mass is 522 g/mol. The zero-order valence-electron chi connectivity index (χ0n) is 18.8. The minimum atomic E-state index is -5.01. The minimum Gasteiger partial charge on any atom is -0.470 e. The smallest absolute Gasteiger partial charge is 0.438 e. The Labute approximate surface area is 209 Å². The summed E-state index contributed by atoms with van der Waals surface area (Å²) in [6.45, 7) is -0.180. The van der Waals surface area contributed by atoms with Crippen LogP contribution in [0, 0.1) is 0 Å². The number of hydrogen-bond acceptors (Lipinski definition) is 7. The molecule has 0 saturated heterocycles. The highest BCUT2D eigenvalue weighted by Gasteiger charge is 2.40. The SMILES string of the molecule is O=C(N[C@@H]1CCCC[C@H]1O)Oc1nc(-c2cccc(Cl)c2)c(OCc2ccccn2)nc1C(F)(F)F. The van der Waals surface area contributed by atoms with Gasteiger partial charge in [0.1, 0.15) is 12.3 Å². The van der Waals surface area contributed by atoms with E-state index in [0.717, 1.165) is 12.8 Å². The van der Waals surface area contributed by atoms with Crippen LogP contribution in [0.4, 0.5) is 18.0 Å². The molecular weight excluding hydrogens is 501 g/mol. The molecule has 36 heavy (non-hydrogen) atoms. The molecule has 2 heterocycles. The lowest BCUT2D eigenvalue weighted by atomic mass is 9.93. The molecule has 0 spiro atoms. The average molecular weight is 523 g/mol. The van der Waals surface area contributed by atoms with Crippen LogP contribution in [0.2, 0.25) is 5.02 Å². The minimum absolute atomic E-state index is 0.109. The Morgan fingerprint density at radius 3 is 2.61 bits per heavy atom. The van der Waals surface area contributed by atoms with Crippen LogP contribution in [0.1, 0.15) is 37.1 Å². The highest BCUT2D eigenvalue weighted by Crippen LogP contribution is 2.39. The first-order valence-electron chi connectivity index (χ1n) is 11.1. The number of pyridine rings is 1. The van der Waals surface area contributed by atoms with Crippen LogP contribution in [0.5, 0.6) is 11.8 Å². The fourth-order valence-corrected chi connectivity index (χ4v) is 3.95. The molecular formula is C24H22ClF3N4O4. The van der Waals surface area contributed by atoms with Gasteiger partial charge in [-0.3, -0.25) is 4.98 Å². The summed E-state index contributed by atoms with van der Waals surface area (Å²) in [4.78, 5) is 24.2. The van der Waals surface area contributed by atoms with Crippen molar-refractivity contribution in [3.8, 4) is 23.0 Å². The molecule has 2 atom stereocenters. The molecule has 1 amide bonds. The lowest BCUT2D eigenvalue weighted by Gasteiger charge is -2.27. The summed E-state index contributed by atoms with van der Waals surface area (Å²) in [6, 6.07) is 10.6. The lowest BCUT2D eigenvalue weighted by Crippen LogP contribution is -2.46. The Kier molecular flexibility index (Phi) is 7.90. The van der Waals surface area contributed by atoms with Gasteiger partial charge in [-0.25, -0.2) is 14.8 Å². The van der Waals surface area contributed by atoms with E-state index in [1.807, 2.05) is 0 Å². The Morgan fingerprint density at radius 1 is 1.11 bits per heavy atom. The second-order valence-electron chi connectivity index (χ2n) is 8.14. The highest BCUT2D eigenvalue weighted by molar-refractivity contribution is 6.30. The first-order valence-corrected chi connectivity index (χ1v) is 11.5. The lowest BCUT2D eigenvalue weighted by molar-refractivity contribution is -0.142. The topological polar surface area (TPSA) is 106 Å². The van der Waals surface area contributed by atoms with Crippen LogP contribution in [0.15, 0.2) is 48.7 Å². The van der Waals surface area contributed by atoms with E-state index in [0.29, 0.717) is 29.1 Å². The predicted octanol–water partition coefficient (Wildman–Crippen LogP) is 5.18. The van der Waals surface area contributed by atoms with Crippen LogP contribution < -0.4 is 14.8 Å². The van der Waals surface area contributed by atoms with Crippen molar-refractivity contribution in [2.45, 2.75) is 50.6 Å². The van der Waals surface area contributed by atoms with Gasteiger partial charge in [0.2, 0.25) is 11.6 Å². The van der Waals surface area contributed by atoms with Gasteiger partial charge in [-0.2, -0.15) is 13.2 Å². The van der Waals surface area contributed by atoms with Crippen molar-refractivity contribution >= 4 is 17.7 Å². The third-order valence-corrected chi connectivity index (χ3v) is 5.74. The first-order chi connectivity index (χ1) is 17.2. The molecule has 1 aromatic carbocycles. The molecule has 1 saturated carbocycles. The number of nitrogens with zero attached hydrogens (tertiary/aromatic N) is 3. The van der Waals surface area contributed by atoms with E-state index < -0.39 is 41.9 Å². The van der Waals surface area contributed by atoms with Crippen LogP contribution in [-0.4, -0.2) is 38.3 Å². The van der Waals surface area contributed by atoms with Crippen LogP contribution in [-0.2, 0) is 12.8 Å². The maximum absolute atomic E-state index is 13.9. The largest absolute Gasteiger partial charge is 0.470 e. The molecule has 1 fully saturated rings. The molecule has 3 aromatic rings. The molecule has 190 valence electrons. The van der Waals surface area contributed by atoms with E-state index in [4.69, 9.17) is 21.1 Å². The number of ether oxygens (including phenoxy) is 2. The van der Waals surface area contributed by atoms with Crippen LogP contribution in [0.25, 0.3) is 11.3 Å². The third-order valence-electron chi connectivity index (χ3n) is 5.50. The average Bonchev–Trinajstić information content (AvgIpc) is 2.84. The number of halogens is 4. The van der Waals surface area contributed by atoms with Gasteiger partial charge in [0.25, 0.3) is 5.88 Å². The van der Waals surface area contributed by atoms with Gasteiger partial charge >= 0.3 is 12.3 Å². The second kappa shape index (κ2) is 11.1. The summed E-state index contributed by atoms with van der Waals surface area (Å²) < 4.78 is 52.3. The van der Waals surface area contributed by atoms with Gasteiger partial charge in [-0.1, -0.05) is 42.6 Å². The fraction of sp³-hybridized carbons (Fsp3) is 0.333. The molecule has 0 bridgehead atoms. The normalized spacial score (nSPS) is 17.9. The number of carbonyl (C=O) groups excluding carboxylic acids is 1. The summed E-state index contributed by atoms with van der Waals surface area (Å²) in [5.41, 5.74) is -0.895. The van der Waals surface area contributed by atoms with Gasteiger partial charge in [-0.15, -0.1) is 0 Å². The first kappa shape index (κ1) is 25.6. The summed E-state index contributed by atoms with van der Waals surface area (Å²) in [6.07, 6.45) is -2.99. The zero-order chi connectivity index (χ0) is 25.7. The summed E-state index contributed by atoms with van der Waals surface area (Å²) in [5.74, 6) is -1.49. The molecule has 0 unspecified atom stereocenters. The summed E-state index contributed by atoms with van der Waals surface area (Å²) in [7, 11) is 0. The van der Waals surface area contributed by atoms with Gasteiger partial charge in [0.15, 0.2) is 0 Å². The molecule has 0 radical (unpaired) electrons. The van der Waals surface area contributed by atoms with E-state index in [1.54, 1.807) is 36.4 Å². The van der Waals surface area contributed by atoms with E-state index in [9.17, 15) is 23.1 Å². The van der Waals surface area contributed by atoms with Crippen molar-refractivity contribution < 1.29 is 32.5 Å². The van der Waals surface area contributed by atoms with Gasteiger partial charge in [0, 0.05) is 16.8 Å². The number of rotatable bonds is 6. The number of benzene rings is 1. The number of amides is 1. The van der Waals surface area contributed by atoms with Crippen molar-refractivity contribution in [2.24, 2.45) is 0 Å². The van der Waals surface area contributed by atoms with Crippen molar-refractivity contribution in [1.82, 2.24) is 20.3 Å². The molecule has 0 aliphatic heterocycles. The summed E-state index contributed by atoms with van der Waals surface area (Å²) in [5, 5.41) is 12.8. The number of carbonyl (C=O) groups is 1. The zero-order valence-corrected chi connectivity index (χ0v) is 19.6. The van der Waals surface area contributed by atoms with Crippen molar-refractivity contribution in [1.29, 1.82) is 0 Å². The van der Waals surface area contributed by atoms with Crippen LogP contribution in [0.3, 0.4) is 0 Å². The second-order valence-corrected chi connectivity index (χ2v) is 8.58. The predicted molar refractivity (Wildman–Crippen MR) is 123 cm³/mol. The van der Waals surface area contributed by atoms with Crippen molar-refractivity contribution in [3.63, 3.8) is 0 Å². The number of aliphatic hydroxyl groups excluding tert-OH is 1. The molecule has 2 aromatic heterocycles. The molecule has 1 aliphatic rings. The van der Waals surface area contributed by atoms with Gasteiger partial charge in [-0.05, 0) is 37.1 Å². The van der Waals surface area contributed by atoms with E-state index in [2.05, 4.69) is 20.3 Å². The number of alkyl halides is 3. The number of aromatic nitrogens is 3. The maximum Gasteiger partial charge on any atom is 0.438 e.